The highest BCUT2D eigenvalue weighted by atomic mass is 16.5. The van der Waals surface area contributed by atoms with Crippen molar-refractivity contribution in [3.8, 4) is 0 Å². The van der Waals surface area contributed by atoms with Crippen molar-refractivity contribution in [2.24, 2.45) is 17.3 Å². The van der Waals surface area contributed by atoms with Crippen LogP contribution in [0.5, 0.6) is 0 Å². The van der Waals surface area contributed by atoms with Crippen molar-refractivity contribution < 1.29 is 19.6 Å². The Morgan fingerprint density at radius 2 is 1.85 bits per heavy atom. The quantitative estimate of drug-likeness (QED) is 0.300. The van der Waals surface area contributed by atoms with E-state index in [2.05, 4.69) is 29.6 Å². The number of amides is 3. The van der Waals surface area contributed by atoms with Crippen molar-refractivity contribution in [2.45, 2.75) is 72.3 Å². The van der Waals surface area contributed by atoms with Gasteiger partial charge in [0.1, 0.15) is 6.04 Å². The predicted molar refractivity (Wildman–Crippen MR) is 128 cm³/mol. The fraction of sp³-hybridized carbons (Fsp3) is 0.654. The summed E-state index contributed by atoms with van der Waals surface area (Å²) in [4.78, 5) is 39.3. The van der Waals surface area contributed by atoms with Crippen LogP contribution >= 0.6 is 0 Å². The largest absolute Gasteiger partial charge is 0.344 e. The Bertz CT molecular complexity index is 755. The van der Waals surface area contributed by atoms with E-state index in [1.165, 1.54) is 5.56 Å². The number of nitrogens with zero attached hydrogens (tertiary/aromatic N) is 2. The van der Waals surface area contributed by atoms with Gasteiger partial charge in [0.05, 0.1) is 12.5 Å². The topological polar surface area (TPSA) is 90.0 Å². The van der Waals surface area contributed by atoms with Crippen LogP contribution in [-0.2, 0) is 20.8 Å². The molecule has 1 aliphatic heterocycles. The maximum absolute atomic E-state index is 13.5. The molecule has 1 heterocycles. The van der Waals surface area contributed by atoms with Gasteiger partial charge in [0.25, 0.3) is 0 Å². The molecule has 0 unspecified atom stereocenters. The second kappa shape index (κ2) is 12.7. The molecule has 0 bridgehead atoms. The molecule has 2 N–H and O–H groups in total. The number of rotatable bonds is 11. The third kappa shape index (κ3) is 8.46. The van der Waals surface area contributed by atoms with Gasteiger partial charge in [0, 0.05) is 13.1 Å². The Hall–Kier alpha value is -2.41. The lowest BCUT2D eigenvalue weighted by molar-refractivity contribution is -0.155. The molecular weight excluding hydrogens is 418 g/mol. The normalized spacial score (nSPS) is 16.7. The molecule has 1 saturated heterocycles. The van der Waals surface area contributed by atoms with Gasteiger partial charge in [-0.1, -0.05) is 70.9 Å². The second-order valence-electron chi connectivity index (χ2n) is 10.3. The number of carbonyl (C=O) groups excluding carboxylic acids is 3. The number of hydrogen-bond donors (Lipinski definition) is 2. The van der Waals surface area contributed by atoms with Crippen molar-refractivity contribution in [3.05, 3.63) is 35.9 Å². The predicted octanol–water partition coefficient (Wildman–Crippen LogP) is 3.65. The zero-order valence-electron chi connectivity index (χ0n) is 20.6. The van der Waals surface area contributed by atoms with Crippen LogP contribution in [0.15, 0.2) is 30.3 Å². The molecule has 7 nitrogen and oxygen atoms in total. The Labute approximate surface area is 198 Å². The molecular formula is C26H41N3O4. The molecule has 0 aromatic heterocycles. The fourth-order valence-corrected chi connectivity index (χ4v) is 4.42. The molecule has 0 spiro atoms. The van der Waals surface area contributed by atoms with Gasteiger partial charge < -0.3 is 10.2 Å². The van der Waals surface area contributed by atoms with Gasteiger partial charge in [0.15, 0.2) is 0 Å². The van der Waals surface area contributed by atoms with E-state index in [1.54, 1.807) is 0 Å². The molecule has 0 radical (unpaired) electrons. The highest BCUT2D eigenvalue weighted by molar-refractivity contribution is 5.89. The Balaban J connectivity index is 2.01. The lowest BCUT2D eigenvalue weighted by Crippen LogP contribution is -2.57. The van der Waals surface area contributed by atoms with E-state index < -0.39 is 17.4 Å². The van der Waals surface area contributed by atoms with Gasteiger partial charge in [-0.3, -0.25) is 19.6 Å². The van der Waals surface area contributed by atoms with E-state index in [0.29, 0.717) is 36.9 Å². The minimum absolute atomic E-state index is 0.0560. The third-order valence-electron chi connectivity index (χ3n) is 6.50. The van der Waals surface area contributed by atoms with Crippen LogP contribution < -0.4 is 5.32 Å². The van der Waals surface area contributed by atoms with Crippen LogP contribution in [0.25, 0.3) is 0 Å². The zero-order valence-corrected chi connectivity index (χ0v) is 20.6. The maximum Gasteiger partial charge on any atom is 0.245 e. The minimum Gasteiger partial charge on any atom is -0.344 e. The number of piperidine rings is 1. The fourth-order valence-electron chi connectivity index (χ4n) is 4.42. The molecule has 184 valence electrons. The zero-order chi connectivity index (χ0) is 24.4. The average molecular weight is 460 g/mol. The summed E-state index contributed by atoms with van der Waals surface area (Å²) in [5.41, 5.74) is 0.862. The number of nitrogens with one attached hydrogen (secondary N) is 1. The van der Waals surface area contributed by atoms with E-state index in [4.69, 9.17) is 0 Å². The molecule has 1 aromatic carbocycles. The monoisotopic (exact) mass is 459 g/mol. The first-order chi connectivity index (χ1) is 15.7. The van der Waals surface area contributed by atoms with Crippen molar-refractivity contribution in [2.75, 3.05) is 19.6 Å². The van der Waals surface area contributed by atoms with Gasteiger partial charge >= 0.3 is 0 Å². The summed E-state index contributed by atoms with van der Waals surface area (Å²) in [7, 11) is 0. The molecule has 0 saturated carbocycles. The molecule has 2 rings (SSSR count). The summed E-state index contributed by atoms with van der Waals surface area (Å²) < 4.78 is 0. The molecule has 0 aliphatic carbocycles. The highest BCUT2D eigenvalue weighted by Gasteiger charge is 2.38. The standard InChI is InChI=1S/C26H41N3O4/c1-5-6-12-22(18-29(33)19-30)24(31)27-23(26(2,3)4)25(32)28-15-13-21(14-16-28)17-20-10-8-7-9-11-20/h7-11,19,21-23,33H,5-6,12-18H2,1-4H3,(H,27,31)/t22-,23-/m1/s1. The maximum atomic E-state index is 13.5. The van der Waals surface area contributed by atoms with E-state index in [1.807, 2.05) is 38.7 Å². The van der Waals surface area contributed by atoms with Gasteiger partial charge in [-0.15, -0.1) is 0 Å². The van der Waals surface area contributed by atoms with E-state index in [-0.39, 0.29) is 18.4 Å². The number of carbonyl (C=O) groups is 3. The summed E-state index contributed by atoms with van der Waals surface area (Å²) in [5.74, 6) is -0.359. The molecule has 1 fully saturated rings. The number of benzene rings is 1. The van der Waals surface area contributed by atoms with E-state index in [0.717, 1.165) is 32.1 Å². The lowest BCUT2D eigenvalue weighted by atomic mass is 9.84. The SMILES string of the molecule is CCCC[C@H](CN(O)C=O)C(=O)N[C@H](C(=O)N1CCC(Cc2ccccc2)CC1)C(C)(C)C. The molecule has 1 aromatic rings. The Morgan fingerprint density at radius 3 is 2.39 bits per heavy atom. The smallest absolute Gasteiger partial charge is 0.245 e. The molecule has 7 heteroatoms. The van der Waals surface area contributed by atoms with E-state index >= 15 is 0 Å². The van der Waals surface area contributed by atoms with Gasteiger partial charge in [-0.2, -0.15) is 0 Å². The van der Waals surface area contributed by atoms with Crippen LogP contribution in [0.3, 0.4) is 0 Å². The van der Waals surface area contributed by atoms with Crippen molar-refractivity contribution in [3.63, 3.8) is 0 Å². The van der Waals surface area contributed by atoms with Crippen LogP contribution in [0.2, 0.25) is 0 Å². The second-order valence-corrected chi connectivity index (χ2v) is 10.3. The third-order valence-corrected chi connectivity index (χ3v) is 6.50. The molecule has 3 amide bonds. The number of hydrogen-bond acceptors (Lipinski definition) is 4. The summed E-state index contributed by atoms with van der Waals surface area (Å²) >= 11 is 0. The first-order valence-electron chi connectivity index (χ1n) is 12.2. The average Bonchev–Trinajstić information content (AvgIpc) is 2.79. The molecule has 33 heavy (non-hydrogen) atoms. The van der Waals surface area contributed by atoms with Crippen molar-refractivity contribution in [1.82, 2.24) is 15.3 Å². The Kier molecular flexibility index (Phi) is 10.4. The summed E-state index contributed by atoms with van der Waals surface area (Å²) in [5, 5.41) is 13.1. The van der Waals surface area contributed by atoms with Crippen LogP contribution in [0.1, 0.15) is 65.4 Å². The number of hydroxylamine groups is 2. The summed E-state index contributed by atoms with van der Waals surface area (Å²) in [6, 6.07) is 9.77. The molecule has 2 atom stereocenters. The first-order valence-corrected chi connectivity index (χ1v) is 12.2. The van der Waals surface area contributed by atoms with Crippen molar-refractivity contribution >= 4 is 18.2 Å². The van der Waals surface area contributed by atoms with Crippen molar-refractivity contribution in [1.29, 1.82) is 0 Å². The van der Waals surface area contributed by atoms with E-state index in [9.17, 15) is 19.6 Å². The summed E-state index contributed by atoms with van der Waals surface area (Å²) in [6.07, 6.45) is 5.47. The number of likely N-dealkylation sites (tertiary alicyclic amines) is 1. The number of unbranched alkanes of at least 4 members (excludes halogenated alkanes) is 1. The Morgan fingerprint density at radius 1 is 1.21 bits per heavy atom. The summed E-state index contributed by atoms with van der Waals surface area (Å²) in [6.45, 7) is 9.16. The van der Waals surface area contributed by atoms with Gasteiger partial charge in [-0.25, -0.2) is 5.06 Å². The lowest BCUT2D eigenvalue weighted by Gasteiger charge is -2.39. The van der Waals surface area contributed by atoms with Crippen LogP contribution in [0.4, 0.5) is 0 Å². The minimum atomic E-state index is -0.664. The van der Waals surface area contributed by atoms with Crippen LogP contribution in [-0.4, -0.2) is 59.1 Å². The first kappa shape index (κ1) is 26.8. The molecule has 1 aliphatic rings. The highest BCUT2D eigenvalue weighted by Crippen LogP contribution is 2.26. The van der Waals surface area contributed by atoms with Crippen LogP contribution in [0, 0.1) is 17.3 Å². The van der Waals surface area contributed by atoms with Gasteiger partial charge in [0.2, 0.25) is 18.2 Å². The van der Waals surface area contributed by atoms with Gasteiger partial charge in [-0.05, 0) is 42.6 Å².